The van der Waals surface area contributed by atoms with Gasteiger partial charge in [-0.05, 0) is 60.9 Å². The van der Waals surface area contributed by atoms with E-state index in [2.05, 4.69) is 39.3 Å². The summed E-state index contributed by atoms with van der Waals surface area (Å²) in [4.78, 5) is 7.34. The number of hydrogen-bond acceptors (Lipinski definition) is 5. The molecule has 1 aromatic heterocycles. The zero-order valence-corrected chi connectivity index (χ0v) is 19.3. The average Bonchev–Trinajstić information content (AvgIpc) is 3.20. The average molecular weight is 442 g/mol. The number of nitrogens with zero attached hydrogens (tertiary/aromatic N) is 3. The van der Waals surface area contributed by atoms with Crippen molar-refractivity contribution in [2.24, 2.45) is 10.9 Å². The summed E-state index contributed by atoms with van der Waals surface area (Å²) in [6.07, 6.45) is 5.32. The molecule has 3 rings (SSSR count). The Morgan fingerprint density at radius 1 is 1.21 bits per heavy atom. The van der Waals surface area contributed by atoms with E-state index in [1.54, 1.807) is 15.6 Å². The van der Waals surface area contributed by atoms with E-state index in [0.29, 0.717) is 25.0 Å². The highest BCUT2D eigenvalue weighted by molar-refractivity contribution is 7.88. The van der Waals surface area contributed by atoms with E-state index in [0.717, 1.165) is 64.4 Å². The van der Waals surface area contributed by atoms with Crippen LogP contribution in [0.3, 0.4) is 0 Å². The van der Waals surface area contributed by atoms with E-state index in [4.69, 9.17) is 4.99 Å². The molecule has 0 unspecified atom stereocenters. The van der Waals surface area contributed by atoms with Gasteiger partial charge in [0.25, 0.3) is 0 Å². The highest BCUT2D eigenvalue weighted by Gasteiger charge is 2.25. The van der Waals surface area contributed by atoms with Crippen molar-refractivity contribution in [1.29, 1.82) is 0 Å². The number of likely N-dealkylation sites (tertiary alicyclic amines) is 1. The molecule has 164 valence electrons. The maximum Gasteiger partial charge on any atom is 0.211 e. The number of thiophene rings is 1. The minimum absolute atomic E-state index is 0.455. The molecule has 0 amide bonds. The smallest absolute Gasteiger partial charge is 0.211 e. The van der Waals surface area contributed by atoms with Gasteiger partial charge in [0, 0.05) is 51.9 Å². The third kappa shape index (κ3) is 7.24. The number of guanidine groups is 1. The first-order valence-electron chi connectivity index (χ1n) is 10.7. The topological polar surface area (TPSA) is 77.0 Å². The molecular formula is C20H35N5O2S2. The second-order valence-electron chi connectivity index (χ2n) is 8.15. The molecule has 7 nitrogen and oxygen atoms in total. The van der Waals surface area contributed by atoms with Crippen LogP contribution in [0.5, 0.6) is 0 Å². The lowest BCUT2D eigenvalue weighted by molar-refractivity contribution is 0.198. The van der Waals surface area contributed by atoms with Gasteiger partial charge >= 0.3 is 0 Å². The van der Waals surface area contributed by atoms with Crippen LogP contribution >= 0.6 is 11.3 Å². The third-order valence-electron chi connectivity index (χ3n) is 5.81. The SMILES string of the molecule is CCNC(=NCC1CCN(S(C)(=O)=O)CC1)NC1CCN(Cc2ccsc2)CC1. The second-order valence-corrected chi connectivity index (χ2v) is 10.9. The summed E-state index contributed by atoms with van der Waals surface area (Å²) >= 11 is 1.77. The lowest BCUT2D eigenvalue weighted by Crippen LogP contribution is -2.48. The summed E-state index contributed by atoms with van der Waals surface area (Å²) in [5.74, 6) is 1.35. The van der Waals surface area contributed by atoms with E-state index in [9.17, 15) is 8.42 Å². The number of aliphatic imine (C=N–C) groups is 1. The Morgan fingerprint density at radius 3 is 2.52 bits per heavy atom. The van der Waals surface area contributed by atoms with Gasteiger partial charge in [-0.2, -0.15) is 11.3 Å². The van der Waals surface area contributed by atoms with Crippen LogP contribution in [0.15, 0.2) is 21.8 Å². The molecule has 0 aromatic carbocycles. The predicted molar refractivity (Wildman–Crippen MR) is 121 cm³/mol. The Balaban J connectivity index is 1.43. The molecule has 0 spiro atoms. The number of hydrogen-bond donors (Lipinski definition) is 2. The maximum absolute atomic E-state index is 11.7. The molecule has 9 heteroatoms. The lowest BCUT2D eigenvalue weighted by Gasteiger charge is -2.33. The molecule has 0 atom stereocenters. The molecule has 2 aliphatic heterocycles. The van der Waals surface area contributed by atoms with E-state index in [-0.39, 0.29) is 0 Å². The number of sulfonamides is 1. The van der Waals surface area contributed by atoms with E-state index in [1.807, 2.05) is 0 Å². The Labute approximate surface area is 179 Å². The summed E-state index contributed by atoms with van der Waals surface area (Å²) in [6.45, 7) is 8.19. The fourth-order valence-corrected chi connectivity index (χ4v) is 5.57. The van der Waals surface area contributed by atoms with Gasteiger partial charge in [0.1, 0.15) is 0 Å². The number of rotatable bonds is 7. The zero-order chi connectivity index (χ0) is 20.7. The van der Waals surface area contributed by atoms with Gasteiger partial charge in [-0.3, -0.25) is 9.89 Å². The van der Waals surface area contributed by atoms with Crippen molar-refractivity contribution in [3.05, 3.63) is 22.4 Å². The monoisotopic (exact) mass is 441 g/mol. The lowest BCUT2D eigenvalue weighted by atomic mass is 9.98. The highest BCUT2D eigenvalue weighted by atomic mass is 32.2. The van der Waals surface area contributed by atoms with Crippen LogP contribution in [0.2, 0.25) is 0 Å². The van der Waals surface area contributed by atoms with Crippen molar-refractivity contribution in [2.45, 2.75) is 45.2 Å². The third-order valence-corrected chi connectivity index (χ3v) is 7.84. The van der Waals surface area contributed by atoms with Gasteiger partial charge in [0.15, 0.2) is 5.96 Å². The molecule has 2 saturated heterocycles. The molecule has 0 radical (unpaired) electrons. The molecule has 29 heavy (non-hydrogen) atoms. The summed E-state index contributed by atoms with van der Waals surface area (Å²) in [7, 11) is -3.06. The fourth-order valence-electron chi connectivity index (χ4n) is 4.03. The van der Waals surface area contributed by atoms with E-state index >= 15 is 0 Å². The first kappa shape index (κ1) is 22.5. The van der Waals surface area contributed by atoms with Crippen LogP contribution in [0, 0.1) is 5.92 Å². The first-order chi connectivity index (χ1) is 13.9. The van der Waals surface area contributed by atoms with Gasteiger partial charge in [0.2, 0.25) is 10.0 Å². The van der Waals surface area contributed by atoms with Crippen molar-refractivity contribution in [1.82, 2.24) is 19.8 Å². The van der Waals surface area contributed by atoms with Gasteiger partial charge in [-0.15, -0.1) is 0 Å². The second kappa shape index (κ2) is 10.7. The van der Waals surface area contributed by atoms with E-state index < -0.39 is 10.0 Å². The Hall–Kier alpha value is -1.16. The van der Waals surface area contributed by atoms with Crippen LogP contribution in [-0.4, -0.2) is 75.1 Å². The Morgan fingerprint density at radius 2 is 1.93 bits per heavy atom. The van der Waals surface area contributed by atoms with Crippen LogP contribution in [0.1, 0.15) is 38.2 Å². The Bertz CT molecular complexity index is 735. The van der Waals surface area contributed by atoms with Crippen LogP contribution < -0.4 is 10.6 Å². The standard InChI is InChI=1S/C20H35N5O2S2/c1-3-21-20(22-14-17-4-11-25(12-5-17)29(2,26)27)23-19-6-9-24(10-7-19)15-18-8-13-28-16-18/h8,13,16-17,19H,3-7,9-12,14-15H2,1-2H3,(H2,21,22,23). The number of piperidine rings is 2. The van der Waals surface area contributed by atoms with Crippen LogP contribution in [0.4, 0.5) is 0 Å². The summed E-state index contributed by atoms with van der Waals surface area (Å²) in [6, 6.07) is 2.67. The molecule has 0 bridgehead atoms. The zero-order valence-electron chi connectivity index (χ0n) is 17.6. The molecular weight excluding hydrogens is 406 g/mol. The van der Waals surface area contributed by atoms with Crippen molar-refractivity contribution >= 4 is 27.3 Å². The van der Waals surface area contributed by atoms with Crippen LogP contribution in [-0.2, 0) is 16.6 Å². The molecule has 2 fully saturated rings. The predicted octanol–water partition coefficient (Wildman–Crippen LogP) is 1.94. The summed E-state index contributed by atoms with van der Waals surface area (Å²) in [5, 5.41) is 11.4. The summed E-state index contributed by atoms with van der Waals surface area (Å²) < 4.78 is 24.9. The number of nitrogens with one attached hydrogen (secondary N) is 2. The van der Waals surface area contributed by atoms with E-state index in [1.165, 1.54) is 11.8 Å². The summed E-state index contributed by atoms with van der Waals surface area (Å²) in [5.41, 5.74) is 1.42. The first-order valence-corrected chi connectivity index (χ1v) is 13.5. The van der Waals surface area contributed by atoms with Crippen molar-refractivity contribution in [3.8, 4) is 0 Å². The normalized spacial score (nSPS) is 21.4. The fraction of sp³-hybridized carbons (Fsp3) is 0.750. The van der Waals surface area contributed by atoms with Gasteiger partial charge < -0.3 is 10.6 Å². The van der Waals surface area contributed by atoms with Crippen molar-refractivity contribution in [2.75, 3.05) is 45.5 Å². The largest absolute Gasteiger partial charge is 0.357 e. The van der Waals surface area contributed by atoms with Crippen molar-refractivity contribution in [3.63, 3.8) is 0 Å². The molecule has 2 N–H and O–H groups in total. The quantitative estimate of drug-likeness (QED) is 0.500. The minimum atomic E-state index is -3.06. The van der Waals surface area contributed by atoms with Gasteiger partial charge in [-0.25, -0.2) is 12.7 Å². The maximum atomic E-state index is 11.7. The molecule has 0 saturated carbocycles. The minimum Gasteiger partial charge on any atom is -0.357 e. The van der Waals surface area contributed by atoms with Crippen LogP contribution in [0.25, 0.3) is 0 Å². The molecule has 3 heterocycles. The van der Waals surface area contributed by atoms with Crippen molar-refractivity contribution < 1.29 is 8.42 Å². The molecule has 2 aliphatic rings. The van der Waals surface area contributed by atoms with Gasteiger partial charge in [-0.1, -0.05) is 0 Å². The molecule has 0 aliphatic carbocycles. The molecule has 1 aromatic rings. The van der Waals surface area contributed by atoms with Gasteiger partial charge in [0.05, 0.1) is 6.26 Å². The highest BCUT2D eigenvalue weighted by Crippen LogP contribution is 2.19. The Kier molecular flexibility index (Phi) is 8.35.